The van der Waals surface area contributed by atoms with E-state index in [9.17, 15) is 9.59 Å². The second kappa shape index (κ2) is 24.5. The van der Waals surface area contributed by atoms with Crippen molar-refractivity contribution in [2.75, 3.05) is 98.8 Å². The van der Waals surface area contributed by atoms with Gasteiger partial charge in [-0.25, -0.2) is 0 Å². The molecule has 1 saturated carbocycles. The molecule has 69 heavy (non-hydrogen) atoms. The molecule has 2 N–H and O–H groups in total. The van der Waals surface area contributed by atoms with Gasteiger partial charge in [-0.3, -0.25) is 9.59 Å². The van der Waals surface area contributed by atoms with Gasteiger partial charge < -0.3 is 58.3 Å². The van der Waals surface area contributed by atoms with E-state index in [4.69, 9.17) is 39.7 Å². The van der Waals surface area contributed by atoms with E-state index in [1.54, 1.807) is 14.2 Å². The lowest BCUT2D eigenvalue weighted by Crippen LogP contribution is -2.44. The Hall–Kier alpha value is -3.21. The summed E-state index contributed by atoms with van der Waals surface area (Å²) in [6, 6.07) is 1.73. The fourth-order valence-electron chi connectivity index (χ4n) is 13.5. The van der Waals surface area contributed by atoms with E-state index in [-0.39, 0.29) is 42.3 Å². The van der Waals surface area contributed by atoms with Crippen molar-refractivity contribution in [2.24, 2.45) is 35.5 Å². The van der Waals surface area contributed by atoms with Crippen molar-refractivity contribution in [3.63, 3.8) is 0 Å². The average molecular weight is 979 g/mol. The maximum absolute atomic E-state index is 14.3. The molecule has 0 aromatic heterocycles. The summed E-state index contributed by atoms with van der Waals surface area (Å²) in [4.78, 5) is 30.4. The van der Waals surface area contributed by atoms with Gasteiger partial charge in [-0.15, -0.1) is 0 Å². The van der Waals surface area contributed by atoms with E-state index in [1.165, 1.54) is 69.0 Å². The zero-order chi connectivity index (χ0) is 47.7. The smallest absolute Gasteiger partial charge is 0.307 e. The molecule has 4 saturated heterocycles. The second-order valence-electron chi connectivity index (χ2n) is 21.1. The molecule has 4 heterocycles. The minimum atomic E-state index is -0.276. The highest BCUT2D eigenvalue weighted by atomic mass is 32.2. The molecule has 0 aromatic rings. The van der Waals surface area contributed by atoms with Crippen molar-refractivity contribution >= 4 is 23.6 Å². The van der Waals surface area contributed by atoms with Crippen molar-refractivity contribution in [3.8, 4) is 0 Å². The van der Waals surface area contributed by atoms with Crippen molar-refractivity contribution in [3.05, 3.63) is 58.7 Å². The lowest BCUT2D eigenvalue weighted by Gasteiger charge is -2.40. The van der Waals surface area contributed by atoms with Crippen LogP contribution in [0.5, 0.6) is 0 Å². The van der Waals surface area contributed by atoms with Crippen LogP contribution in [0.4, 0.5) is 0 Å². The van der Waals surface area contributed by atoms with E-state index in [0.29, 0.717) is 101 Å². The fraction of sp³-hybridized carbons (Fsp3) is 0.778. The number of methoxy groups -OCH3 is 3. The van der Waals surface area contributed by atoms with Gasteiger partial charge in [0.15, 0.2) is 0 Å². The summed E-state index contributed by atoms with van der Waals surface area (Å²) in [6.07, 6.45) is 21.0. The summed E-state index contributed by atoms with van der Waals surface area (Å²) >= 11 is 1.93. The number of rotatable bonds is 22. The molecule has 0 bridgehead atoms. The van der Waals surface area contributed by atoms with Crippen LogP contribution in [-0.2, 0) is 47.5 Å². The zero-order valence-electron chi connectivity index (χ0n) is 41.9. The zero-order valence-corrected chi connectivity index (χ0v) is 42.7. The van der Waals surface area contributed by atoms with Gasteiger partial charge in [-0.2, -0.15) is 11.8 Å². The van der Waals surface area contributed by atoms with Crippen molar-refractivity contribution in [1.29, 1.82) is 0 Å². The topological polar surface area (TPSA) is 139 Å². The lowest BCUT2D eigenvalue weighted by molar-refractivity contribution is -0.142. The predicted molar refractivity (Wildman–Crippen MR) is 266 cm³/mol. The summed E-state index contributed by atoms with van der Waals surface area (Å²) < 4.78 is 47.5. The summed E-state index contributed by atoms with van der Waals surface area (Å²) in [6.45, 7) is 10.7. The second-order valence-corrected chi connectivity index (χ2v) is 22.3. The molecule has 0 spiro atoms. The Kier molecular flexibility index (Phi) is 18.0. The number of carbonyl (C=O) groups excluding carboxylic acids is 2. The number of hydrogen-bond donors (Lipinski definition) is 2. The van der Waals surface area contributed by atoms with E-state index < -0.39 is 0 Å². The van der Waals surface area contributed by atoms with Crippen molar-refractivity contribution < 1.29 is 47.5 Å². The number of amides is 1. The summed E-state index contributed by atoms with van der Waals surface area (Å²) in [7, 11) is 4.91. The number of fused-ring (bicyclic) bond motifs is 8. The molecule has 384 valence electrons. The lowest BCUT2D eigenvalue weighted by atomic mass is 9.81. The number of esters is 1. The van der Waals surface area contributed by atoms with Crippen LogP contribution in [0, 0.1) is 35.5 Å². The van der Waals surface area contributed by atoms with Crippen LogP contribution in [0.25, 0.3) is 0 Å². The van der Waals surface area contributed by atoms with Gasteiger partial charge in [0.2, 0.25) is 5.91 Å². The number of nitrogens with zero attached hydrogens (tertiary/aromatic N) is 2. The Morgan fingerprint density at radius 1 is 0.768 bits per heavy atom. The Morgan fingerprint density at radius 3 is 2.26 bits per heavy atom. The van der Waals surface area contributed by atoms with Gasteiger partial charge in [0.25, 0.3) is 0 Å². The molecule has 4 aliphatic heterocycles. The maximum atomic E-state index is 14.3. The predicted octanol–water partition coefficient (Wildman–Crippen LogP) is 7.23. The minimum absolute atomic E-state index is 0.0329. The summed E-state index contributed by atoms with van der Waals surface area (Å²) in [5, 5.41) is 7.84. The third-order valence-corrected chi connectivity index (χ3v) is 18.0. The van der Waals surface area contributed by atoms with Crippen LogP contribution < -0.4 is 10.6 Å². The van der Waals surface area contributed by atoms with E-state index in [0.717, 1.165) is 92.1 Å². The van der Waals surface area contributed by atoms with E-state index >= 15 is 0 Å². The Morgan fingerprint density at radius 2 is 1.48 bits per heavy atom. The fourth-order valence-corrected chi connectivity index (χ4v) is 14.5. The number of carbonyl (C=O) groups is 2. The molecule has 14 nitrogen and oxygen atoms in total. The highest BCUT2D eigenvalue weighted by Gasteiger charge is 2.50. The first kappa shape index (κ1) is 50.7. The van der Waals surface area contributed by atoms with Gasteiger partial charge in [0, 0.05) is 98.0 Å². The van der Waals surface area contributed by atoms with Crippen LogP contribution in [0.3, 0.4) is 0 Å². The van der Waals surface area contributed by atoms with Crippen LogP contribution in [0.1, 0.15) is 103 Å². The van der Waals surface area contributed by atoms with Gasteiger partial charge >= 0.3 is 5.97 Å². The highest BCUT2D eigenvalue weighted by molar-refractivity contribution is 7.99. The number of allylic oxidation sites excluding steroid dienone is 5. The average Bonchev–Trinajstić information content (AvgIpc) is 3.87. The SMILES string of the molecule is C=C1[C@@H]2CC(OC)=C(OCC3=C[C@@H](CSCCOCCOCCOCCC(=O)OC)C[C@@H](COC4=C(OC)C[C@@H]5C(=O)N6C7=CCCC[C@@H]7C[C@H]6CN[C@@H]5C4)C3)CC2NC[C@@H]2C[C@@H]3CCCC[C@@H]3N12. The largest absolute Gasteiger partial charge is 0.498 e. The first-order valence-electron chi connectivity index (χ1n) is 26.6. The van der Waals surface area contributed by atoms with Crippen LogP contribution in [-0.4, -0.2) is 151 Å². The van der Waals surface area contributed by atoms with E-state index in [2.05, 4.69) is 37.3 Å². The number of nitrogens with one attached hydrogen (secondary N) is 2. The van der Waals surface area contributed by atoms with Gasteiger partial charge in [0.1, 0.15) is 29.6 Å². The molecule has 15 heteroatoms. The Bertz CT molecular complexity index is 1920. The molecule has 0 aromatic carbocycles. The molecule has 1 amide bonds. The molecular weight excluding hydrogens is 897 g/mol. The Balaban J connectivity index is 0.801. The number of thioether (sulfide) groups is 1. The van der Waals surface area contributed by atoms with Crippen LogP contribution >= 0.6 is 11.8 Å². The molecule has 5 aliphatic carbocycles. The number of ether oxygens (including phenoxy) is 8. The highest BCUT2D eigenvalue weighted by Crippen LogP contribution is 2.48. The molecule has 5 fully saturated rings. The third kappa shape index (κ3) is 12.2. The molecule has 9 aliphatic rings. The van der Waals surface area contributed by atoms with E-state index in [1.807, 2.05) is 11.8 Å². The first-order valence-corrected chi connectivity index (χ1v) is 27.8. The molecule has 9 rings (SSSR count). The first-order chi connectivity index (χ1) is 33.8. The molecule has 1 unspecified atom stereocenters. The summed E-state index contributed by atoms with van der Waals surface area (Å²) in [5.74, 6) is 7.67. The van der Waals surface area contributed by atoms with Gasteiger partial charge in [0.05, 0.1) is 79.9 Å². The minimum Gasteiger partial charge on any atom is -0.498 e. The summed E-state index contributed by atoms with van der Waals surface area (Å²) in [5.41, 5.74) is 3.90. The van der Waals surface area contributed by atoms with Crippen molar-refractivity contribution in [1.82, 2.24) is 20.4 Å². The normalized spacial score (nSPS) is 33.2. The van der Waals surface area contributed by atoms with Crippen LogP contribution in [0.2, 0.25) is 0 Å². The molecule has 11 atom stereocenters. The molecule has 0 radical (unpaired) electrons. The van der Waals surface area contributed by atoms with Crippen LogP contribution in [0.15, 0.2) is 58.7 Å². The van der Waals surface area contributed by atoms with Gasteiger partial charge in [-0.1, -0.05) is 31.6 Å². The van der Waals surface area contributed by atoms with Gasteiger partial charge in [-0.05, 0) is 86.9 Å². The molecular formula is C54H82N4O10S. The van der Waals surface area contributed by atoms with Crippen molar-refractivity contribution in [2.45, 2.75) is 133 Å². The standard InChI is InChI=1S/C54H82N4O10S/c1-35-43-26-49(61-2)51(28-45(43)55-30-41-24-39-9-5-7-11-47(39)57(35)41)67-32-36-21-37(23-38(22-36)34-69-20-19-66-18-17-65-16-15-64-14-13-53(59)63-4)33-68-52-29-46-44(27-50(52)62-3)54(60)58-42(31-56-46)25-40-10-6-8-12-48(40)58/h12,22,37-47,55-56H,1,5-11,13-21,23-34H2,2-4H3/t37-,38+,39-,40+,41-,42-,43-,44-,45?,46+,47-/m0/s1. The quantitative estimate of drug-likeness (QED) is 0.0641. The monoisotopic (exact) mass is 979 g/mol. The maximum Gasteiger partial charge on any atom is 0.307 e. The number of hydrogen-bond acceptors (Lipinski definition) is 14. The Labute approximate surface area is 416 Å². The third-order valence-electron chi connectivity index (χ3n) is 16.9.